The maximum atomic E-state index is 8.79. The third kappa shape index (κ3) is 2.38. The molecule has 3 rings (SSSR count). The van der Waals surface area contributed by atoms with Crippen LogP contribution < -0.4 is 5.48 Å². The zero-order valence-electron chi connectivity index (χ0n) is 10.6. The van der Waals surface area contributed by atoms with Gasteiger partial charge in [0.2, 0.25) is 0 Å². The molecule has 3 heteroatoms. The number of anilines is 1. The fraction of sp³-hybridized carbons (Fsp3) is 0.600. The van der Waals surface area contributed by atoms with Crippen molar-refractivity contribution in [3.05, 3.63) is 29.8 Å². The van der Waals surface area contributed by atoms with Gasteiger partial charge in [0.1, 0.15) is 0 Å². The molecule has 1 aromatic carbocycles. The van der Waals surface area contributed by atoms with Gasteiger partial charge < -0.3 is 4.74 Å². The van der Waals surface area contributed by atoms with E-state index in [9.17, 15) is 0 Å². The van der Waals surface area contributed by atoms with Crippen LogP contribution in [0.2, 0.25) is 0 Å². The molecule has 98 valence electrons. The topological polar surface area (TPSA) is 41.5 Å². The molecular weight excluding hydrogens is 226 g/mol. The van der Waals surface area contributed by atoms with Crippen LogP contribution in [-0.2, 0) is 4.74 Å². The van der Waals surface area contributed by atoms with E-state index in [0.29, 0.717) is 0 Å². The standard InChI is InChI=1S/C15H21NO2/c17-16-15-3-1-11(2-4-15)13-9-14(10-13)12-5-7-18-8-6-12/h1-4,12-14,16-17H,5-10H2/t13-,14+. The van der Waals surface area contributed by atoms with Crippen LogP contribution in [0.3, 0.4) is 0 Å². The van der Waals surface area contributed by atoms with Crippen LogP contribution in [-0.4, -0.2) is 18.4 Å². The molecular formula is C15H21NO2. The molecule has 1 aliphatic carbocycles. The summed E-state index contributed by atoms with van der Waals surface area (Å²) in [6.45, 7) is 1.92. The Morgan fingerprint density at radius 2 is 1.67 bits per heavy atom. The van der Waals surface area contributed by atoms with Crippen LogP contribution in [0.4, 0.5) is 5.69 Å². The molecule has 18 heavy (non-hydrogen) atoms. The van der Waals surface area contributed by atoms with Gasteiger partial charge in [-0.2, -0.15) is 0 Å². The summed E-state index contributed by atoms with van der Waals surface area (Å²) in [4.78, 5) is 0. The molecule has 1 aromatic rings. The van der Waals surface area contributed by atoms with E-state index in [4.69, 9.17) is 9.94 Å². The van der Waals surface area contributed by atoms with Gasteiger partial charge in [-0.25, -0.2) is 0 Å². The predicted octanol–water partition coefficient (Wildman–Crippen LogP) is 3.41. The van der Waals surface area contributed by atoms with E-state index >= 15 is 0 Å². The summed E-state index contributed by atoms with van der Waals surface area (Å²) < 4.78 is 5.42. The highest BCUT2D eigenvalue weighted by atomic mass is 16.5. The van der Waals surface area contributed by atoms with Gasteiger partial charge in [0, 0.05) is 13.2 Å². The maximum absolute atomic E-state index is 8.79. The molecule has 1 saturated carbocycles. The molecule has 1 saturated heterocycles. The Kier molecular flexibility index (Phi) is 3.52. The molecule has 0 unspecified atom stereocenters. The van der Waals surface area contributed by atoms with Gasteiger partial charge in [-0.15, -0.1) is 0 Å². The molecule has 2 fully saturated rings. The van der Waals surface area contributed by atoms with E-state index in [1.54, 1.807) is 0 Å². The predicted molar refractivity (Wildman–Crippen MR) is 70.9 cm³/mol. The Hall–Kier alpha value is -1.06. The van der Waals surface area contributed by atoms with E-state index in [1.807, 2.05) is 12.1 Å². The first-order valence-electron chi connectivity index (χ1n) is 6.94. The highest BCUT2D eigenvalue weighted by Gasteiger charge is 2.36. The Balaban J connectivity index is 1.54. The van der Waals surface area contributed by atoms with Gasteiger partial charge in [-0.3, -0.25) is 10.7 Å². The number of hydrogen-bond acceptors (Lipinski definition) is 3. The van der Waals surface area contributed by atoms with Crippen LogP contribution in [0.1, 0.15) is 37.2 Å². The zero-order valence-corrected chi connectivity index (χ0v) is 10.6. The van der Waals surface area contributed by atoms with Crippen molar-refractivity contribution >= 4 is 5.69 Å². The van der Waals surface area contributed by atoms with Gasteiger partial charge >= 0.3 is 0 Å². The van der Waals surface area contributed by atoms with Gasteiger partial charge in [-0.05, 0) is 61.1 Å². The average Bonchev–Trinajstić information content (AvgIpc) is 2.39. The molecule has 2 aliphatic rings. The van der Waals surface area contributed by atoms with Crippen LogP contribution in [0.5, 0.6) is 0 Å². The summed E-state index contributed by atoms with van der Waals surface area (Å²) in [5.74, 6) is 2.54. The van der Waals surface area contributed by atoms with Gasteiger partial charge in [0.25, 0.3) is 0 Å². The van der Waals surface area contributed by atoms with Crippen LogP contribution in [0.25, 0.3) is 0 Å². The zero-order chi connectivity index (χ0) is 12.4. The first-order valence-corrected chi connectivity index (χ1v) is 6.94. The van der Waals surface area contributed by atoms with E-state index in [-0.39, 0.29) is 0 Å². The first-order chi connectivity index (χ1) is 8.86. The molecule has 3 nitrogen and oxygen atoms in total. The smallest absolute Gasteiger partial charge is 0.0602 e. The Labute approximate surface area is 108 Å². The van der Waals surface area contributed by atoms with Gasteiger partial charge in [0.15, 0.2) is 0 Å². The molecule has 0 bridgehead atoms. The van der Waals surface area contributed by atoms with Crippen molar-refractivity contribution in [1.29, 1.82) is 0 Å². The van der Waals surface area contributed by atoms with Crippen LogP contribution >= 0.6 is 0 Å². The van der Waals surface area contributed by atoms with E-state index in [0.717, 1.165) is 36.7 Å². The minimum Gasteiger partial charge on any atom is -0.381 e. The number of benzene rings is 1. The quantitative estimate of drug-likeness (QED) is 0.804. The largest absolute Gasteiger partial charge is 0.381 e. The number of rotatable bonds is 3. The number of nitrogens with one attached hydrogen (secondary N) is 1. The van der Waals surface area contributed by atoms with Gasteiger partial charge in [0.05, 0.1) is 5.69 Å². The summed E-state index contributed by atoms with van der Waals surface area (Å²) in [6, 6.07) is 8.14. The minimum atomic E-state index is 0.727. The summed E-state index contributed by atoms with van der Waals surface area (Å²) in [5, 5.41) is 8.79. The lowest BCUT2D eigenvalue weighted by atomic mass is 9.64. The summed E-state index contributed by atoms with van der Waals surface area (Å²) in [6.07, 6.45) is 5.17. The summed E-state index contributed by atoms with van der Waals surface area (Å²) >= 11 is 0. The molecule has 0 radical (unpaired) electrons. The van der Waals surface area contributed by atoms with Crippen molar-refractivity contribution < 1.29 is 9.94 Å². The van der Waals surface area contributed by atoms with Crippen LogP contribution in [0, 0.1) is 11.8 Å². The Morgan fingerprint density at radius 3 is 2.28 bits per heavy atom. The third-order valence-corrected chi connectivity index (χ3v) is 4.62. The number of hydrogen-bond donors (Lipinski definition) is 2. The van der Waals surface area contributed by atoms with Crippen molar-refractivity contribution in [2.45, 2.75) is 31.6 Å². The number of ether oxygens (including phenoxy) is 1. The van der Waals surface area contributed by atoms with Gasteiger partial charge in [-0.1, -0.05) is 12.1 Å². The lowest BCUT2D eigenvalue weighted by Crippen LogP contribution is -2.32. The fourth-order valence-corrected chi connectivity index (χ4v) is 3.34. The third-order valence-electron chi connectivity index (χ3n) is 4.62. The first kappa shape index (κ1) is 12.0. The second-order valence-corrected chi connectivity index (χ2v) is 5.61. The lowest BCUT2D eigenvalue weighted by molar-refractivity contribution is 0.0239. The minimum absolute atomic E-state index is 0.727. The molecule has 0 amide bonds. The van der Waals surface area contributed by atoms with E-state index < -0.39 is 0 Å². The highest BCUT2D eigenvalue weighted by Crippen LogP contribution is 2.47. The average molecular weight is 247 g/mol. The molecule has 0 spiro atoms. The molecule has 1 heterocycles. The Morgan fingerprint density at radius 1 is 1.00 bits per heavy atom. The van der Waals surface area contributed by atoms with Crippen molar-refractivity contribution in [3.63, 3.8) is 0 Å². The van der Waals surface area contributed by atoms with Crippen molar-refractivity contribution in [2.75, 3.05) is 18.7 Å². The normalized spacial score (nSPS) is 28.7. The second-order valence-electron chi connectivity index (χ2n) is 5.61. The van der Waals surface area contributed by atoms with Crippen molar-refractivity contribution in [3.8, 4) is 0 Å². The van der Waals surface area contributed by atoms with Crippen molar-refractivity contribution in [1.82, 2.24) is 0 Å². The molecule has 0 atom stereocenters. The monoisotopic (exact) mass is 247 g/mol. The maximum Gasteiger partial charge on any atom is 0.0602 e. The SMILES string of the molecule is ONc1ccc([C@H]2C[C@@H](C3CCOCC3)C2)cc1. The highest BCUT2D eigenvalue weighted by molar-refractivity contribution is 5.43. The molecule has 0 aromatic heterocycles. The molecule has 2 N–H and O–H groups in total. The van der Waals surface area contributed by atoms with Crippen LogP contribution in [0.15, 0.2) is 24.3 Å². The summed E-state index contributed by atoms with van der Waals surface area (Å²) in [7, 11) is 0. The van der Waals surface area contributed by atoms with Crippen molar-refractivity contribution in [2.24, 2.45) is 11.8 Å². The summed E-state index contributed by atoms with van der Waals surface area (Å²) in [5.41, 5.74) is 4.35. The van der Waals surface area contributed by atoms with E-state index in [2.05, 4.69) is 17.6 Å². The second kappa shape index (κ2) is 5.29. The molecule has 1 aliphatic heterocycles. The fourth-order valence-electron chi connectivity index (χ4n) is 3.34. The lowest BCUT2D eigenvalue weighted by Gasteiger charge is -2.42. The van der Waals surface area contributed by atoms with E-state index in [1.165, 1.54) is 31.2 Å². The Bertz CT molecular complexity index is 378.